The first kappa shape index (κ1) is 22.6. The quantitative estimate of drug-likeness (QED) is 0.436. The van der Waals surface area contributed by atoms with Crippen LogP contribution in [-0.2, 0) is 4.74 Å². The Bertz CT molecular complexity index is 678. The van der Waals surface area contributed by atoms with Gasteiger partial charge in [-0.15, -0.1) is 0 Å². The van der Waals surface area contributed by atoms with E-state index in [0.717, 1.165) is 42.1 Å². The molecule has 0 radical (unpaired) electrons. The van der Waals surface area contributed by atoms with Gasteiger partial charge in [0.05, 0.1) is 12.2 Å². The van der Waals surface area contributed by atoms with Gasteiger partial charge < -0.3 is 9.84 Å². The van der Waals surface area contributed by atoms with Crippen molar-refractivity contribution in [2.45, 2.75) is 104 Å². The average molecular weight is 415 g/mol. The minimum atomic E-state index is -0.320. The molecule has 4 aliphatic carbocycles. The minimum absolute atomic E-state index is 0.0250. The molecule has 0 aromatic heterocycles. The van der Waals surface area contributed by atoms with Crippen LogP contribution in [0.15, 0.2) is 23.8 Å². The van der Waals surface area contributed by atoms with E-state index in [1.54, 1.807) is 5.57 Å². The Kier molecular flexibility index (Phi) is 6.32. The molecule has 8 atom stereocenters. The van der Waals surface area contributed by atoms with Crippen LogP contribution in [0.2, 0.25) is 0 Å². The zero-order valence-corrected chi connectivity index (χ0v) is 20.3. The van der Waals surface area contributed by atoms with Crippen molar-refractivity contribution in [2.24, 2.45) is 40.4 Å². The second-order valence-electron chi connectivity index (χ2n) is 12.0. The largest absolute Gasteiger partial charge is 0.389 e. The molecule has 0 aliphatic heterocycles. The molecule has 4 rings (SSSR count). The number of hydrogen-bond acceptors (Lipinski definition) is 2. The van der Waals surface area contributed by atoms with Gasteiger partial charge in [-0.05, 0) is 85.5 Å². The third-order valence-corrected chi connectivity index (χ3v) is 9.95. The van der Waals surface area contributed by atoms with Crippen LogP contribution in [0.5, 0.6) is 0 Å². The second-order valence-corrected chi connectivity index (χ2v) is 12.0. The van der Waals surface area contributed by atoms with Gasteiger partial charge in [0.2, 0.25) is 0 Å². The highest BCUT2D eigenvalue weighted by Gasteiger charge is 2.66. The van der Waals surface area contributed by atoms with Crippen LogP contribution < -0.4 is 0 Å². The standard InChI is InChI=1S/C28H46O2/c1-18(2)9-7-10-19(3)23-12-13-24-21(11-8-14-27(23,24)5)15-26(30-6)28-17-22(28)16-25(29)20(28)4/h15,18-19,22-26,29H,4,7-14,16-17H2,1-3,5-6H3/b21-15+/t19-,22?,23?,24?,25+,26-,27-,28?/m1/s1. The topological polar surface area (TPSA) is 29.5 Å². The summed E-state index contributed by atoms with van der Waals surface area (Å²) in [6.07, 6.45) is 15.2. The fourth-order valence-electron chi connectivity index (χ4n) is 8.17. The molecule has 4 fully saturated rings. The number of hydrogen-bond donors (Lipinski definition) is 1. The highest BCUT2D eigenvalue weighted by Crippen LogP contribution is 2.69. The molecule has 0 aromatic rings. The van der Waals surface area contributed by atoms with E-state index in [0.29, 0.717) is 11.3 Å². The Hall–Kier alpha value is -0.600. The molecule has 4 saturated carbocycles. The van der Waals surface area contributed by atoms with E-state index in [1.807, 2.05) is 7.11 Å². The first-order valence-corrected chi connectivity index (χ1v) is 12.8. The Morgan fingerprint density at radius 2 is 2.00 bits per heavy atom. The average Bonchev–Trinajstić information content (AvgIpc) is 3.20. The van der Waals surface area contributed by atoms with Crippen molar-refractivity contribution in [2.75, 3.05) is 7.11 Å². The molecule has 2 heteroatoms. The fourth-order valence-corrected chi connectivity index (χ4v) is 8.17. The number of fused-ring (bicyclic) bond motifs is 2. The van der Waals surface area contributed by atoms with Crippen LogP contribution >= 0.6 is 0 Å². The molecule has 2 nitrogen and oxygen atoms in total. The van der Waals surface area contributed by atoms with E-state index < -0.39 is 0 Å². The van der Waals surface area contributed by atoms with Crippen molar-refractivity contribution >= 4 is 0 Å². The lowest BCUT2D eigenvalue weighted by Crippen LogP contribution is -2.37. The number of aliphatic hydroxyl groups is 1. The lowest BCUT2D eigenvalue weighted by atomic mass is 9.60. The van der Waals surface area contributed by atoms with E-state index in [1.165, 1.54) is 51.4 Å². The van der Waals surface area contributed by atoms with Gasteiger partial charge in [0.1, 0.15) is 0 Å². The summed E-state index contributed by atoms with van der Waals surface area (Å²) in [7, 11) is 1.86. The fraction of sp³-hybridized carbons (Fsp3) is 0.857. The molecular formula is C28H46O2. The van der Waals surface area contributed by atoms with Crippen molar-refractivity contribution in [3.8, 4) is 0 Å². The van der Waals surface area contributed by atoms with Gasteiger partial charge in [0.25, 0.3) is 0 Å². The van der Waals surface area contributed by atoms with Gasteiger partial charge in [0, 0.05) is 12.5 Å². The Balaban J connectivity index is 1.49. The molecular weight excluding hydrogens is 368 g/mol. The first-order chi connectivity index (χ1) is 14.2. The number of allylic oxidation sites excluding steroid dienone is 1. The molecule has 4 aliphatic rings. The number of ether oxygens (including phenoxy) is 1. The third kappa shape index (κ3) is 3.64. The first-order valence-electron chi connectivity index (χ1n) is 12.8. The van der Waals surface area contributed by atoms with Crippen LogP contribution in [0.25, 0.3) is 0 Å². The smallest absolute Gasteiger partial charge is 0.0851 e. The lowest BCUT2D eigenvalue weighted by Gasteiger charge is -2.45. The second kappa shape index (κ2) is 8.39. The van der Waals surface area contributed by atoms with Crippen LogP contribution in [0.1, 0.15) is 91.9 Å². The van der Waals surface area contributed by atoms with Crippen LogP contribution in [-0.4, -0.2) is 24.4 Å². The summed E-state index contributed by atoms with van der Waals surface area (Å²) in [5.41, 5.74) is 3.20. The van der Waals surface area contributed by atoms with Crippen LogP contribution in [0.4, 0.5) is 0 Å². The molecule has 0 spiro atoms. The zero-order chi connectivity index (χ0) is 21.7. The van der Waals surface area contributed by atoms with Gasteiger partial charge in [-0.2, -0.15) is 0 Å². The van der Waals surface area contributed by atoms with Gasteiger partial charge in [-0.3, -0.25) is 0 Å². The maximum Gasteiger partial charge on any atom is 0.0851 e. The van der Waals surface area contributed by atoms with Gasteiger partial charge in [-0.25, -0.2) is 0 Å². The molecule has 0 aromatic carbocycles. The van der Waals surface area contributed by atoms with Gasteiger partial charge in [0.15, 0.2) is 0 Å². The van der Waals surface area contributed by atoms with Crippen molar-refractivity contribution in [1.29, 1.82) is 0 Å². The van der Waals surface area contributed by atoms with Gasteiger partial charge >= 0.3 is 0 Å². The summed E-state index contributed by atoms with van der Waals surface area (Å²) in [4.78, 5) is 0. The van der Waals surface area contributed by atoms with Crippen molar-refractivity contribution in [3.63, 3.8) is 0 Å². The van der Waals surface area contributed by atoms with Crippen LogP contribution in [0, 0.1) is 40.4 Å². The van der Waals surface area contributed by atoms with E-state index in [9.17, 15) is 5.11 Å². The summed E-state index contributed by atoms with van der Waals surface area (Å²) >= 11 is 0. The molecule has 0 heterocycles. The summed E-state index contributed by atoms with van der Waals surface area (Å²) in [6, 6.07) is 0. The highest BCUT2D eigenvalue weighted by atomic mass is 16.5. The Morgan fingerprint density at radius 3 is 2.63 bits per heavy atom. The van der Waals surface area contributed by atoms with E-state index in [2.05, 4.69) is 40.3 Å². The predicted molar refractivity (Wildman–Crippen MR) is 125 cm³/mol. The zero-order valence-electron chi connectivity index (χ0n) is 20.3. The number of rotatable bonds is 8. The number of methoxy groups -OCH3 is 1. The monoisotopic (exact) mass is 414 g/mol. The van der Waals surface area contributed by atoms with E-state index >= 15 is 0 Å². The van der Waals surface area contributed by atoms with Crippen molar-refractivity contribution < 1.29 is 9.84 Å². The lowest BCUT2D eigenvalue weighted by molar-refractivity contribution is 0.0758. The molecule has 170 valence electrons. The molecule has 0 bridgehead atoms. The summed E-state index contributed by atoms with van der Waals surface area (Å²) < 4.78 is 6.08. The molecule has 30 heavy (non-hydrogen) atoms. The molecule has 1 N–H and O–H groups in total. The SMILES string of the molecule is C=C1[C@@H](O)CC2CC12[C@@H](/C=C1\CCC[C@@]2(C)C1CCC2[C@H](C)CCCC(C)C)OC. The predicted octanol–water partition coefficient (Wildman–Crippen LogP) is 6.93. The third-order valence-electron chi connectivity index (χ3n) is 9.95. The van der Waals surface area contributed by atoms with Crippen molar-refractivity contribution in [1.82, 2.24) is 0 Å². The molecule has 0 saturated heterocycles. The Morgan fingerprint density at radius 1 is 1.23 bits per heavy atom. The van der Waals surface area contributed by atoms with E-state index in [4.69, 9.17) is 4.74 Å². The summed E-state index contributed by atoms with van der Waals surface area (Å²) in [5, 5.41) is 10.3. The van der Waals surface area contributed by atoms with Crippen LogP contribution in [0.3, 0.4) is 0 Å². The number of aliphatic hydroxyl groups excluding tert-OH is 1. The Labute approximate surface area is 185 Å². The van der Waals surface area contributed by atoms with Crippen molar-refractivity contribution in [3.05, 3.63) is 23.8 Å². The highest BCUT2D eigenvalue weighted by molar-refractivity contribution is 5.38. The maximum atomic E-state index is 10.3. The van der Waals surface area contributed by atoms with Gasteiger partial charge in [-0.1, -0.05) is 65.2 Å². The minimum Gasteiger partial charge on any atom is -0.389 e. The molecule has 0 amide bonds. The summed E-state index contributed by atoms with van der Waals surface area (Å²) in [6.45, 7) is 14.1. The summed E-state index contributed by atoms with van der Waals surface area (Å²) in [5.74, 6) is 3.85. The molecule has 4 unspecified atom stereocenters. The van der Waals surface area contributed by atoms with E-state index in [-0.39, 0.29) is 17.6 Å². The maximum absolute atomic E-state index is 10.3. The normalized spacial score (nSPS) is 43.7.